The molecule has 1 atom stereocenters. The highest BCUT2D eigenvalue weighted by Gasteiger charge is 2.15. The summed E-state index contributed by atoms with van der Waals surface area (Å²) >= 11 is 0. The van der Waals surface area contributed by atoms with Gasteiger partial charge >= 0.3 is 5.97 Å². The zero-order valence-corrected chi connectivity index (χ0v) is 8.00. The fourth-order valence-electron chi connectivity index (χ4n) is 0.774. The van der Waals surface area contributed by atoms with E-state index in [1.54, 1.807) is 13.8 Å². The molecule has 0 spiro atoms. The van der Waals surface area contributed by atoms with E-state index in [2.05, 4.69) is 11.8 Å². The molecule has 0 saturated carbocycles. The maximum Gasteiger partial charge on any atom is 0.308 e. The second kappa shape index (κ2) is 5.20. The summed E-state index contributed by atoms with van der Waals surface area (Å²) in [7, 11) is 1.53. The van der Waals surface area contributed by atoms with E-state index in [0.717, 1.165) is 0 Å². The van der Waals surface area contributed by atoms with Crippen LogP contribution in [0.25, 0.3) is 0 Å². The van der Waals surface area contributed by atoms with Gasteiger partial charge in [-0.2, -0.15) is 0 Å². The highest BCUT2D eigenvalue weighted by molar-refractivity contribution is 5.93. The Balaban J connectivity index is 4.12. The van der Waals surface area contributed by atoms with Crippen LogP contribution in [0.1, 0.15) is 13.8 Å². The number of carboxylic acids is 1. The summed E-state index contributed by atoms with van der Waals surface area (Å²) in [4.78, 5) is 22.8. The molecule has 1 amide bonds. The minimum atomic E-state index is -0.913. The van der Waals surface area contributed by atoms with Crippen LogP contribution in [0.3, 0.4) is 0 Å². The van der Waals surface area contributed by atoms with Crippen LogP contribution in [0, 0.1) is 17.8 Å². The molecule has 0 bridgehead atoms. The summed E-state index contributed by atoms with van der Waals surface area (Å²) in [6.45, 7) is 3.29. The number of nitrogens with zero attached hydrogens (tertiary/aromatic N) is 1. The van der Waals surface area contributed by atoms with Gasteiger partial charge in [-0.15, -0.1) is 0 Å². The third kappa shape index (κ3) is 4.16. The molecule has 0 aromatic rings. The molecule has 0 heterocycles. The zero-order chi connectivity index (χ0) is 10.4. The zero-order valence-electron chi connectivity index (χ0n) is 8.00. The van der Waals surface area contributed by atoms with Gasteiger partial charge in [0.15, 0.2) is 0 Å². The van der Waals surface area contributed by atoms with Crippen molar-refractivity contribution in [3.05, 3.63) is 0 Å². The largest absolute Gasteiger partial charge is 0.481 e. The molecule has 0 radical (unpaired) electrons. The predicted molar refractivity (Wildman–Crippen MR) is 47.9 cm³/mol. The van der Waals surface area contributed by atoms with Crippen molar-refractivity contribution >= 4 is 11.9 Å². The smallest absolute Gasteiger partial charge is 0.308 e. The Bertz CT molecular complexity index is 262. The number of carbonyl (C=O) groups excluding carboxylic acids is 1. The van der Waals surface area contributed by atoms with Crippen LogP contribution in [0.2, 0.25) is 0 Å². The fourth-order valence-corrected chi connectivity index (χ4v) is 0.774. The normalized spacial score (nSPS) is 11.0. The van der Waals surface area contributed by atoms with Crippen LogP contribution >= 0.6 is 0 Å². The van der Waals surface area contributed by atoms with Gasteiger partial charge in [0.05, 0.1) is 5.92 Å². The van der Waals surface area contributed by atoms with Gasteiger partial charge in [0.1, 0.15) is 0 Å². The molecule has 1 unspecified atom stereocenters. The van der Waals surface area contributed by atoms with E-state index in [4.69, 9.17) is 5.11 Å². The quantitative estimate of drug-likeness (QED) is 0.635. The van der Waals surface area contributed by atoms with Gasteiger partial charge in [-0.3, -0.25) is 9.59 Å². The lowest BCUT2D eigenvalue weighted by Crippen LogP contribution is -2.32. The summed E-state index contributed by atoms with van der Waals surface area (Å²) in [5.41, 5.74) is 0. The van der Waals surface area contributed by atoms with E-state index in [1.807, 2.05) is 0 Å². The van der Waals surface area contributed by atoms with E-state index >= 15 is 0 Å². The number of rotatable bonds is 3. The van der Waals surface area contributed by atoms with Gasteiger partial charge in [0.25, 0.3) is 5.91 Å². The van der Waals surface area contributed by atoms with E-state index in [1.165, 1.54) is 11.9 Å². The Hall–Kier alpha value is -1.50. The van der Waals surface area contributed by atoms with E-state index in [-0.39, 0.29) is 12.5 Å². The van der Waals surface area contributed by atoms with Crippen LogP contribution < -0.4 is 0 Å². The van der Waals surface area contributed by atoms with Gasteiger partial charge in [0.2, 0.25) is 0 Å². The van der Waals surface area contributed by atoms with E-state index in [9.17, 15) is 9.59 Å². The lowest BCUT2D eigenvalue weighted by Gasteiger charge is -2.16. The number of amides is 1. The first-order valence-electron chi connectivity index (χ1n) is 3.89. The van der Waals surface area contributed by atoms with Gasteiger partial charge < -0.3 is 10.0 Å². The van der Waals surface area contributed by atoms with Crippen molar-refractivity contribution < 1.29 is 14.7 Å². The second-order valence-electron chi connectivity index (χ2n) is 2.80. The minimum Gasteiger partial charge on any atom is -0.481 e. The van der Waals surface area contributed by atoms with Gasteiger partial charge in [-0.05, 0) is 12.8 Å². The van der Waals surface area contributed by atoms with E-state index < -0.39 is 11.9 Å². The van der Waals surface area contributed by atoms with Crippen LogP contribution in [-0.4, -0.2) is 35.5 Å². The number of aliphatic carboxylic acids is 1. The number of carboxylic acid groups (broad SMARTS) is 1. The average Bonchev–Trinajstić information content (AvgIpc) is 2.04. The van der Waals surface area contributed by atoms with Crippen LogP contribution in [0.5, 0.6) is 0 Å². The lowest BCUT2D eigenvalue weighted by molar-refractivity contribution is -0.142. The molecule has 0 aliphatic heterocycles. The first-order chi connectivity index (χ1) is 5.99. The van der Waals surface area contributed by atoms with Gasteiger partial charge in [-0.1, -0.05) is 12.8 Å². The van der Waals surface area contributed by atoms with Crippen molar-refractivity contribution in [3.8, 4) is 11.8 Å². The van der Waals surface area contributed by atoms with E-state index in [0.29, 0.717) is 0 Å². The van der Waals surface area contributed by atoms with Crippen molar-refractivity contribution in [1.29, 1.82) is 0 Å². The third-order valence-corrected chi connectivity index (χ3v) is 1.55. The molecular formula is C9H13NO3. The number of hydrogen-bond donors (Lipinski definition) is 1. The topological polar surface area (TPSA) is 57.6 Å². The monoisotopic (exact) mass is 183 g/mol. The van der Waals surface area contributed by atoms with Crippen molar-refractivity contribution in [1.82, 2.24) is 4.90 Å². The lowest BCUT2D eigenvalue weighted by atomic mass is 10.2. The molecule has 13 heavy (non-hydrogen) atoms. The molecule has 1 N–H and O–H groups in total. The highest BCUT2D eigenvalue weighted by Crippen LogP contribution is 1.97. The number of carbonyl (C=O) groups is 2. The highest BCUT2D eigenvalue weighted by atomic mass is 16.4. The van der Waals surface area contributed by atoms with Gasteiger partial charge in [0, 0.05) is 13.6 Å². The fraction of sp³-hybridized carbons (Fsp3) is 0.556. The van der Waals surface area contributed by atoms with Crippen molar-refractivity contribution in [2.24, 2.45) is 5.92 Å². The van der Waals surface area contributed by atoms with Crippen LogP contribution in [-0.2, 0) is 9.59 Å². The third-order valence-electron chi connectivity index (χ3n) is 1.55. The molecule has 0 rings (SSSR count). The standard InChI is InChI=1S/C9H13NO3/c1-4-5-8(11)10(3)6-7(2)9(12)13/h7H,6H2,1-3H3,(H,12,13). The molecule has 0 saturated heterocycles. The predicted octanol–water partition coefficient (Wildman–Crippen LogP) is 0.189. The average molecular weight is 183 g/mol. The molecule has 0 aliphatic rings. The molecule has 0 aliphatic carbocycles. The summed E-state index contributed by atoms with van der Waals surface area (Å²) in [5.74, 6) is 2.97. The van der Waals surface area contributed by atoms with Gasteiger partial charge in [-0.25, -0.2) is 0 Å². The molecule has 0 aromatic heterocycles. The summed E-state index contributed by atoms with van der Waals surface area (Å²) in [6, 6.07) is 0. The summed E-state index contributed by atoms with van der Waals surface area (Å²) in [5, 5.41) is 8.57. The molecule has 4 heteroatoms. The van der Waals surface area contributed by atoms with Crippen molar-refractivity contribution in [2.75, 3.05) is 13.6 Å². The Morgan fingerprint density at radius 3 is 2.46 bits per heavy atom. The molecule has 0 aromatic carbocycles. The molecular weight excluding hydrogens is 170 g/mol. The molecule has 0 fully saturated rings. The summed E-state index contributed by atoms with van der Waals surface area (Å²) < 4.78 is 0. The molecule has 72 valence electrons. The van der Waals surface area contributed by atoms with Crippen LogP contribution in [0.4, 0.5) is 0 Å². The minimum absolute atomic E-state index is 0.183. The SMILES string of the molecule is CC#CC(=O)N(C)CC(C)C(=O)O. The number of hydrogen-bond acceptors (Lipinski definition) is 2. The Kier molecular flexibility index (Phi) is 4.60. The van der Waals surface area contributed by atoms with Crippen molar-refractivity contribution in [3.63, 3.8) is 0 Å². The van der Waals surface area contributed by atoms with Crippen LogP contribution in [0.15, 0.2) is 0 Å². The molecule has 4 nitrogen and oxygen atoms in total. The maximum atomic E-state index is 11.1. The Morgan fingerprint density at radius 2 is 2.08 bits per heavy atom. The first kappa shape index (κ1) is 11.5. The second-order valence-corrected chi connectivity index (χ2v) is 2.80. The summed E-state index contributed by atoms with van der Waals surface area (Å²) in [6.07, 6.45) is 0. The Labute approximate surface area is 77.5 Å². The maximum absolute atomic E-state index is 11.1. The first-order valence-corrected chi connectivity index (χ1v) is 3.89. The Morgan fingerprint density at radius 1 is 1.54 bits per heavy atom. The van der Waals surface area contributed by atoms with Crippen molar-refractivity contribution in [2.45, 2.75) is 13.8 Å².